The van der Waals surface area contributed by atoms with Crippen molar-refractivity contribution in [1.29, 1.82) is 0 Å². The van der Waals surface area contributed by atoms with Crippen molar-refractivity contribution < 1.29 is 9.53 Å². The Kier molecular flexibility index (Phi) is 6.05. The fourth-order valence-corrected chi connectivity index (χ4v) is 2.84. The smallest absolute Gasteiger partial charge is 0.319 e. The molecule has 4 heteroatoms. The van der Waals surface area contributed by atoms with E-state index in [9.17, 15) is 4.79 Å². The highest BCUT2D eigenvalue weighted by Gasteiger charge is 2.22. The summed E-state index contributed by atoms with van der Waals surface area (Å²) in [5.74, 6) is 0.558. The van der Waals surface area contributed by atoms with E-state index in [0.717, 1.165) is 17.7 Å². The number of para-hydroxylation sites is 1. The summed E-state index contributed by atoms with van der Waals surface area (Å²) >= 11 is 0. The van der Waals surface area contributed by atoms with Crippen LogP contribution in [-0.2, 0) is 11.3 Å². The van der Waals surface area contributed by atoms with Gasteiger partial charge in [-0.2, -0.15) is 0 Å². The first kappa shape index (κ1) is 15.8. The fourth-order valence-electron chi connectivity index (χ4n) is 2.84. The maximum absolute atomic E-state index is 12.2. The van der Waals surface area contributed by atoms with Gasteiger partial charge in [0.2, 0.25) is 0 Å². The number of hydrogen-bond acceptors (Lipinski definition) is 2. The monoisotopic (exact) mass is 290 g/mol. The summed E-state index contributed by atoms with van der Waals surface area (Å²) in [6, 6.07) is 7.96. The molecule has 1 fully saturated rings. The van der Waals surface area contributed by atoms with Gasteiger partial charge in [-0.05, 0) is 31.7 Å². The molecule has 2 amide bonds. The molecule has 0 bridgehead atoms. The van der Waals surface area contributed by atoms with E-state index in [1.807, 2.05) is 31.2 Å². The van der Waals surface area contributed by atoms with Gasteiger partial charge in [0, 0.05) is 23.9 Å². The Labute approximate surface area is 127 Å². The molecular formula is C17H26N2O2. The minimum Gasteiger partial charge on any atom is -0.377 e. The van der Waals surface area contributed by atoms with Crippen LogP contribution in [0, 0.1) is 5.92 Å². The zero-order chi connectivity index (χ0) is 15.1. The topological polar surface area (TPSA) is 50.4 Å². The van der Waals surface area contributed by atoms with Gasteiger partial charge in [0.25, 0.3) is 0 Å². The Morgan fingerprint density at radius 3 is 2.81 bits per heavy atom. The van der Waals surface area contributed by atoms with Gasteiger partial charge in [-0.25, -0.2) is 4.79 Å². The molecule has 1 aromatic rings. The molecule has 4 nitrogen and oxygen atoms in total. The highest BCUT2D eigenvalue weighted by atomic mass is 16.5. The van der Waals surface area contributed by atoms with Gasteiger partial charge in [-0.1, -0.05) is 38.0 Å². The minimum atomic E-state index is -0.113. The Hall–Kier alpha value is -1.55. The van der Waals surface area contributed by atoms with Crippen LogP contribution in [0.3, 0.4) is 0 Å². The number of carbonyl (C=O) groups is 1. The molecule has 116 valence electrons. The number of urea groups is 1. The lowest BCUT2D eigenvalue weighted by Crippen LogP contribution is -2.43. The standard InChI is InChI=1S/C17H26N2O2/c1-3-21-12-14-9-5-7-11-16(14)19-17(20)18-15-10-6-4-8-13(15)2/h5,7,9,11,13,15H,3-4,6,8,10,12H2,1-2H3,(H2,18,19,20). The van der Waals surface area contributed by atoms with E-state index >= 15 is 0 Å². The molecule has 1 aliphatic carbocycles. The van der Waals surface area contributed by atoms with Crippen molar-refractivity contribution >= 4 is 11.7 Å². The molecule has 1 saturated carbocycles. The van der Waals surface area contributed by atoms with E-state index in [1.165, 1.54) is 19.3 Å². The van der Waals surface area contributed by atoms with Gasteiger partial charge in [0.05, 0.1) is 6.61 Å². The Morgan fingerprint density at radius 2 is 2.05 bits per heavy atom. The van der Waals surface area contributed by atoms with Gasteiger partial charge in [-0.15, -0.1) is 0 Å². The van der Waals surface area contributed by atoms with Crippen LogP contribution in [0.2, 0.25) is 0 Å². The second-order valence-electron chi connectivity index (χ2n) is 5.76. The quantitative estimate of drug-likeness (QED) is 0.863. The molecule has 1 aliphatic rings. The number of nitrogens with one attached hydrogen (secondary N) is 2. The second kappa shape index (κ2) is 8.03. The number of ether oxygens (including phenoxy) is 1. The molecule has 0 spiro atoms. The zero-order valence-corrected chi connectivity index (χ0v) is 13.0. The normalized spacial score (nSPS) is 21.8. The molecule has 0 aliphatic heterocycles. The van der Waals surface area contributed by atoms with Crippen LogP contribution in [0.5, 0.6) is 0 Å². The molecule has 0 aromatic heterocycles. The summed E-state index contributed by atoms with van der Waals surface area (Å²) in [7, 11) is 0. The average molecular weight is 290 g/mol. The van der Waals surface area contributed by atoms with Gasteiger partial charge in [0.15, 0.2) is 0 Å². The zero-order valence-electron chi connectivity index (χ0n) is 13.0. The van der Waals surface area contributed by atoms with Gasteiger partial charge >= 0.3 is 6.03 Å². The summed E-state index contributed by atoms with van der Waals surface area (Å²) in [5.41, 5.74) is 1.83. The van der Waals surface area contributed by atoms with Gasteiger partial charge < -0.3 is 15.4 Å². The van der Waals surface area contributed by atoms with Gasteiger partial charge in [0.1, 0.15) is 0 Å². The molecule has 0 heterocycles. The molecule has 2 N–H and O–H groups in total. The second-order valence-corrected chi connectivity index (χ2v) is 5.76. The third-order valence-electron chi connectivity index (χ3n) is 4.16. The lowest BCUT2D eigenvalue weighted by atomic mass is 9.86. The Morgan fingerprint density at radius 1 is 1.29 bits per heavy atom. The van der Waals surface area contributed by atoms with Crippen molar-refractivity contribution in [3.63, 3.8) is 0 Å². The maximum atomic E-state index is 12.2. The molecule has 0 radical (unpaired) electrons. The van der Waals surface area contributed by atoms with Crippen molar-refractivity contribution in [1.82, 2.24) is 5.32 Å². The van der Waals surface area contributed by atoms with E-state index in [1.54, 1.807) is 0 Å². The average Bonchev–Trinajstić information content (AvgIpc) is 2.49. The third kappa shape index (κ3) is 4.74. The molecule has 2 unspecified atom stereocenters. The van der Waals surface area contributed by atoms with Crippen LogP contribution < -0.4 is 10.6 Å². The first-order chi connectivity index (χ1) is 10.2. The number of carbonyl (C=O) groups excluding carboxylic acids is 1. The molecule has 2 rings (SSSR count). The number of anilines is 1. The van der Waals surface area contributed by atoms with E-state index < -0.39 is 0 Å². The maximum Gasteiger partial charge on any atom is 0.319 e. The molecule has 1 aromatic carbocycles. The highest BCUT2D eigenvalue weighted by Crippen LogP contribution is 2.24. The predicted molar refractivity (Wildman–Crippen MR) is 85.3 cm³/mol. The summed E-state index contributed by atoms with van der Waals surface area (Å²) in [5, 5.41) is 6.07. The molecule has 2 atom stereocenters. The van der Waals surface area contributed by atoms with Crippen LogP contribution in [0.15, 0.2) is 24.3 Å². The van der Waals surface area contributed by atoms with E-state index in [4.69, 9.17) is 4.74 Å². The largest absolute Gasteiger partial charge is 0.377 e. The van der Waals surface area contributed by atoms with Crippen molar-refractivity contribution in [3.05, 3.63) is 29.8 Å². The van der Waals surface area contributed by atoms with Crippen LogP contribution in [0.25, 0.3) is 0 Å². The Balaban J connectivity index is 1.92. The fraction of sp³-hybridized carbons (Fsp3) is 0.588. The molecule has 21 heavy (non-hydrogen) atoms. The Bertz CT molecular complexity index is 462. The highest BCUT2D eigenvalue weighted by molar-refractivity contribution is 5.90. The number of hydrogen-bond donors (Lipinski definition) is 2. The number of amides is 2. The first-order valence-corrected chi connectivity index (χ1v) is 7.94. The summed E-state index contributed by atoms with van der Waals surface area (Å²) in [4.78, 5) is 12.2. The van der Waals surface area contributed by atoms with Crippen molar-refractivity contribution in [2.24, 2.45) is 5.92 Å². The number of benzene rings is 1. The summed E-state index contributed by atoms with van der Waals surface area (Å²) in [6.45, 7) is 5.37. The minimum absolute atomic E-state index is 0.113. The number of rotatable bonds is 5. The van der Waals surface area contributed by atoms with Crippen molar-refractivity contribution in [3.8, 4) is 0 Å². The van der Waals surface area contributed by atoms with Crippen molar-refractivity contribution in [2.45, 2.75) is 52.2 Å². The third-order valence-corrected chi connectivity index (χ3v) is 4.16. The van der Waals surface area contributed by atoms with Crippen LogP contribution in [0.1, 0.15) is 45.1 Å². The summed E-state index contributed by atoms with van der Waals surface area (Å²) in [6.07, 6.45) is 4.76. The van der Waals surface area contributed by atoms with Gasteiger partial charge in [-0.3, -0.25) is 0 Å². The predicted octanol–water partition coefficient (Wildman–Crippen LogP) is 3.92. The SMILES string of the molecule is CCOCc1ccccc1NC(=O)NC1CCCCC1C. The van der Waals surface area contributed by atoms with E-state index in [2.05, 4.69) is 17.6 Å². The lowest BCUT2D eigenvalue weighted by molar-refractivity contribution is 0.134. The van der Waals surface area contributed by atoms with Crippen LogP contribution in [-0.4, -0.2) is 18.7 Å². The summed E-state index contributed by atoms with van der Waals surface area (Å²) < 4.78 is 5.44. The van der Waals surface area contributed by atoms with E-state index in [-0.39, 0.29) is 12.1 Å². The van der Waals surface area contributed by atoms with Crippen molar-refractivity contribution in [2.75, 3.05) is 11.9 Å². The van der Waals surface area contributed by atoms with E-state index in [0.29, 0.717) is 19.1 Å². The first-order valence-electron chi connectivity index (χ1n) is 7.94. The molecule has 0 saturated heterocycles. The van der Waals surface area contributed by atoms with Crippen LogP contribution >= 0.6 is 0 Å². The lowest BCUT2D eigenvalue weighted by Gasteiger charge is -2.29. The van der Waals surface area contributed by atoms with Crippen LogP contribution in [0.4, 0.5) is 10.5 Å². The molecular weight excluding hydrogens is 264 g/mol.